The zero-order chi connectivity index (χ0) is 17.8. The number of esters is 1. The zero-order valence-corrected chi connectivity index (χ0v) is 14.6. The molecule has 25 heavy (non-hydrogen) atoms. The van der Waals surface area contributed by atoms with Crippen LogP contribution in [-0.2, 0) is 16.6 Å². The van der Waals surface area contributed by atoms with Crippen LogP contribution in [0.15, 0.2) is 6.20 Å². The minimum Gasteiger partial charge on any atom is -0.466 e. The minimum atomic E-state index is -0.160. The highest BCUT2D eigenvalue weighted by atomic mass is 16.5. The number of carbonyl (C=O) groups excluding carboxylic acids is 1. The topological polar surface area (TPSA) is 105 Å². The van der Waals surface area contributed by atoms with E-state index in [0.717, 1.165) is 24.8 Å². The molecule has 0 saturated carbocycles. The van der Waals surface area contributed by atoms with Crippen LogP contribution in [0.3, 0.4) is 0 Å². The van der Waals surface area contributed by atoms with E-state index in [9.17, 15) is 4.79 Å². The van der Waals surface area contributed by atoms with E-state index in [1.165, 1.54) is 0 Å². The van der Waals surface area contributed by atoms with E-state index < -0.39 is 0 Å². The Morgan fingerprint density at radius 1 is 1.48 bits per heavy atom. The number of hydrogen-bond donors (Lipinski definition) is 2. The maximum absolute atomic E-state index is 12.1. The van der Waals surface area contributed by atoms with Crippen LogP contribution < -0.4 is 10.2 Å². The fraction of sp³-hybridized carbons (Fsp3) is 0.625. The van der Waals surface area contributed by atoms with Gasteiger partial charge in [0.05, 0.1) is 30.7 Å². The first-order valence-corrected chi connectivity index (χ1v) is 8.60. The van der Waals surface area contributed by atoms with Crippen molar-refractivity contribution < 1.29 is 14.6 Å². The average Bonchev–Trinajstić information content (AvgIpc) is 3.01. The van der Waals surface area contributed by atoms with Crippen LogP contribution in [0, 0.1) is 5.92 Å². The molecule has 2 N–H and O–H groups in total. The molecule has 136 valence electrons. The molecule has 9 heteroatoms. The Hall–Kier alpha value is -2.42. The van der Waals surface area contributed by atoms with Crippen LogP contribution >= 0.6 is 0 Å². The largest absolute Gasteiger partial charge is 0.466 e. The lowest BCUT2D eigenvalue weighted by atomic mass is 9.98. The van der Waals surface area contributed by atoms with Gasteiger partial charge in [-0.1, -0.05) is 0 Å². The molecule has 0 radical (unpaired) electrons. The van der Waals surface area contributed by atoms with Gasteiger partial charge in [-0.05, 0) is 19.8 Å². The summed E-state index contributed by atoms with van der Waals surface area (Å²) in [6, 6.07) is 0. The molecule has 0 bridgehead atoms. The molecule has 3 rings (SSSR count). The third-order valence-electron chi connectivity index (χ3n) is 4.31. The number of fused-ring (bicyclic) bond motifs is 1. The van der Waals surface area contributed by atoms with Crippen molar-refractivity contribution in [2.24, 2.45) is 13.0 Å². The summed E-state index contributed by atoms with van der Waals surface area (Å²) in [7, 11) is 1.83. The van der Waals surface area contributed by atoms with E-state index in [0.29, 0.717) is 37.1 Å². The molecule has 1 aliphatic rings. The highest BCUT2D eigenvalue weighted by Crippen LogP contribution is 2.26. The summed E-state index contributed by atoms with van der Waals surface area (Å²) in [4.78, 5) is 23.3. The number of carbonyl (C=O) groups is 1. The summed E-state index contributed by atoms with van der Waals surface area (Å²) >= 11 is 0. The molecule has 1 atom stereocenters. The van der Waals surface area contributed by atoms with E-state index in [2.05, 4.69) is 20.4 Å². The van der Waals surface area contributed by atoms with Gasteiger partial charge in [0.1, 0.15) is 5.82 Å². The number of rotatable bonds is 6. The maximum atomic E-state index is 12.1. The third-order valence-corrected chi connectivity index (χ3v) is 4.31. The lowest BCUT2D eigenvalue weighted by molar-refractivity contribution is -0.148. The molecule has 1 aliphatic heterocycles. The number of aryl methyl sites for hydroxylation is 1. The number of aromatic nitrogens is 4. The molecule has 9 nitrogen and oxygen atoms in total. The number of piperidine rings is 1. The second-order valence-corrected chi connectivity index (χ2v) is 6.07. The van der Waals surface area contributed by atoms with E-state index in [-0.39, 0.29) is 18.5 Å². The predicted molar refractivity (Wildman–Crippen MR) is 93.4 cm³/mol. The van der Waals surface area contributed by atoms with Gasteiger partial charge in [0.15, 0.2) is 5.65 Å². The van der Waals surface area contributed by atoms with Crippen LogP contribution in [0.25, 0.3) is 11.0 Å². The average molecular weight is 348 g/mol. The molecule has 2 aromatic rings. The van der Waals surface area contributed by atoms with Gasteiger partial charge in [-0.2, -0.15) is 15.1 Å². The van der Waals surface area contributed by atoms with Gasteiger partial charge in [-0.3, -0.25) is 9.48 Å². The summed E-state index contributed by atoms with van der Waals surface area (Å²) in [6.45, 7) is 3.95. The van der Waals surface area contributed by atoms with E-state index >= 15 is 0 Å². The van der Waals surface area contributed by atoms with Gasteiger partial charge in [-0.25, -0.2) is 0 Å². The summed E-state index contributed by atoms with van der Waals surface area (Å²) < 4.78 is 6.85. The Bertz CT molecular complexity index is 747. The molecule has 2 aromatic heterocycles. The number of anilines is 2. The Labute approximate surface area is 146 Å². The number of hydrogen-bond acceptors (Lipinski definition) is 8. The smallest absolute Gasteiger partial charge is 0.310 e. The summed E-state index contributed by atoms with van der Waals surface area (Å²) in [5.74, 6) is 0.881. The lowest BCUT2D eigenvalue weighted by Gasteiger charge is -2.31. The molecular formula is C16H24N6O3. The normalized spacial score (nSPS) is 17.7. The number of nitrogens with one attached hydrogen (secondary N) is 1. The Morgan fingerprint density at radius 3 is 3.08 bits per heavy atom. The van der Waals surface area contributed by atoms with Gasteiger partial charge in [0.2, 0.25) is 5.95 Å². The van der Waals surface area contributed by atoms with Crippen molar-refractivity contribution in [3.05, 3.63) is 6.20 Å². The summed E-state index contributed by atoms with van der Waals surface area (Å²) in [6.07, 6.45) is 3.41. The first-order valence-electron chi connectivity index (χ1n) is 8.60. The third kappa shape index (κ3) is 3.65. The van der Waals surface area contributed by atoms with Crippen molar-refractivity contribution in [2.45, 2.75) is 19.8 Å². The standard InChI is InChI=1S/C16H24N6O3/c1-3-25-15(24)11-5-4-7-22(10-11)16-19-13(17-6-8-23)12-9-18-21(2)14(12)20-16/h9,11,23H,3-8,10H2,1-2H3,(H,17,19,20)/t11-/m0/s1. The van der Waals surface area contributed by atoms with E-state index in [4.69, 9.17) is 9.84 Å². The lowest BCUT2D eigenvalue weighted by Crippen LogP contribution is -2.40. The van der Waals surface area contributed by atoms with Gasteiger partial charge in [0, 0.05) is 26.7 Å². The van der Waals surface area contributed by atoms with Gasteiger partial charge >= 0.3 is 5.97 Å². The van der Waals surface area contributed by atoms with Crippen molar-refractivity contribution >= 4 is 28.8 Å². The summed E-state index contributed by atoms with van der Waals surface area (Å²) in [5.41, 5.74) is 0.712. The Kier molecular flexibility index (Phi) is 5.32. The highest BCUT2D eigenvalue weighted by Gasteiger charge is 2.28. The molecular weight excluding hydrogens is 324 g/mol. The second-order valence-electron chi connectivity index (χ2n) is 6.07. The Morgan fingerprint density at radius 2 is 2.32 bits per heavy atom. The summed E-state index contributed by atoms with van der Waals surface area (Å²) in [5, 5.41) is 17.2. The highest BCUT2D eigenvalue weighted by molar-refractivity contribution is 5.87. The van der Waals surface area contributed by atoms with E-state index in [1.807, 2.05) is 18.9 Å². The fourth-order valence-electron chi connectivity index (χ4n) is 3.07. The van der Waals surface area contributed by atoms with Crippen molar-refractivity contribution in [1.82, 2.24) is 19.7 Å². The number of nitrogens with zero attached hydrogens (tertiary/aromatic N) is 5. The zero-order valence-electron chi connectivity index (χ0n) is 14.6. The maximum Gasteiger partial charge on any atom is 0.310 e. The monoisotopic (exact) mass is 348 g/mol. The number of ether oxygens (including phenoxy) is 1. The van der Waals surface area contributed by atoms with Crippen LogP contribution in [0.1, 0.15) is 19.8 Å². The molecule has 0 aromatic carbocycles. The number of aliphatic hydroxyl groups excluding tert-OH is 1. The van der Waals surface area contributed by atoms with Crippen LogP contribution in [-0.4, -0.2) is 63.7 Å². The van der Waals surface area contributed by atoms with Crippen molar-refractivity contribution in [2.75, 3.05) is 43.1 Å². The second kappa shape index (κ2) is 7.64. The molecule has 0 amide bonds. The molecule has 0 unspecified atom stereocenters. The molecule has 3 heterocycles. The van der Waals surface area contributed by atoms with E-state index in [1.54, 1.807) is 10.9 Å². The molecule has 0 spiro atoms. The van der Waals surface area contributed by atoms with Crippen LogP contribution in [0.4, 0.5) is 11.8 Å². The van der Waals surface area contributed by atoms with Gasteiger partial charge in [-0.15, -0.1) is 0 Å². The SMILES string of the molecule is CCOC(=O)[C@H]1CCCN(c2nc(NCCO)c3cnn(C)c3n2)C1. The van der Waals surface area contributed by atoms with Crippen LogP contribution in [0.5, 0.6) is 0 Å². The number of aliphatic hydroxyl groups is 1. The predicted octanol–water partition coefficient (Wildman–Crippen LogP) is 0.547. The van der Waals surface area contributed by atoms with Gasteiger partial charge < -0.3 is 20.1 Å². The van der Waals surface area contributed by atoms with Crippen molar-refractivity contribution in [1.29, 1.82) is 0 Å². The molecule has 1 fully saturated rings. The van der Waals surface area contributed by atoms with Crippen molar-refractivity contribution in [3.63, 3.8) is 0 Å². The molecule has 1 saturated heterocycles. The van der Waals surface area contributed by atoms with Gasteiger partial charge in [0.25, 0.3) is 0 Å². The quantitative estimate of drug-likeness (QED) is 0.729. The molecule has 0 aliphatic carbocycles. The minimum absolute atomic E-state index is 0.00966. The first kappa shape index (κ1) is 17.4. The first-order chi connectivity index (χ1) is 12.1. The van der Waals surface area contributed by atoms with Crippen molar-refractivity contribution in [3.8, 4) is 0 Å². The van der Waals surface area contributed by atoms with Crippen LogP contribution in [0.2, 0.25) is 0 Å². The Balaban J connectivity index is 1.89. The fourth-order valence-corrected chi connectivity index (χ4v) is 3.07.